The summed E-state index contributed by atoms with van der Waals surface area (Å²) >= 11 is 0. The summed E-state index contributed by atoms with van der Waals surface area (Å²) in [5.74, 6) is -0.873. The Morgan fingerprint density at radius 3 is 3.08 bits per heavy atom. The fourth-order valence-electron chi connectivity index (χ4n) is 2.02. The predicted octanol–water partition coefficient (Wildman–Crippen LogP) is 1.02. The normalized spacial score (nSPS) is 26.7. The molecular weight excluding hydrogens is 317 g/mol. The summed E-state index contributed by atoms with van der Waals surface area (Å²) in [5, 5.41) is 13.8. The van der Waals surface area contributed by atoms with Gasteiger partial charge in [0.15, 0.2) is 5.82 Å². The maximum absolute atomic E-state index is 14.6. The molecule has 1 aromatic carbocycles. The fourth-order valence-corrected chi connectivity index (χ4v) is 2.02. The van der Waals surface area contributed by atoms with Gasteiger partial charge in [-0.3, -0.25) is 4.90 Å². The van der Waals surface area contributed by atoms with Crippen LogP contribution in [0.3, 0.4) is 0 Å². The zero-order chi connectivity index (χ0) is 21.9. The summed E-state index contributed by atoms with van der Waals surface area (Å²) in [6.07, 6.45) is -1.49. The Hall–Kier alpha value is -3.30. The van der Waals surface area contributed by atoms with Crippen LogP contribution in [0.25, 0.3) is 5.69 Å². The third kappa shape index (κ3) is 2.57. The smallest absolute Gasteiger partial charge is 0.414 e. The summed E-state index contributed by atoms with van der Waals surface area (Å²) < 4.78 is 69.6. The molecule has 10 heteroatoms. The van der Waals surface area contributed by atoms with Crippen molar-refractivity contribution >= 4 is 11.8 Å². The highest BCUT2D eigenvalue weighted by Gasteiger charge is 2.33. The second-order valence-corrected chi connectivity index (χ2v) is 4.53. The van der Waals surface area contributed by atoms with Crippen molar-refractivity contribution in [3.8, 4) is 5.69 Å². The van der Waals surface area contributed by atoms with Gasteiger partial charge in [0, 0.05) is 6.20 Å². The van der Waals surface area contributed by atoms with Crippen LogP contribution in [0.1, 0.15) is 8.22 Å². The van der Waals surface area contributed by atoms with Crippen molar-refractivity contribution in [1.82, 2.24) is 30.0 Å². The molecule has 0 aliphatic carbocycles. The van der Waals surface area contributed by atoms with Crippen molar-refractivity contribution in [3.05, 3.63) is 48.8 Å². The molecule has 0 spiro atoms. The molecule has 0 radical (unpaired) electrons. The number of rotatable bonds is 4. The average molecular weight is 341 g/mol. The van der Waals surface area contributed by atoms with Crippen LogP contribution in [0.4, 0.5) is 14.9 Å². The van der Waals surface area contributed by atoms with E-state index in [1.165, 1.54) is 24.5 Å². The molecule has 0 saturated carbocycles. The van der Waals surface area contributed by atoms with Gasteiger partial charge in [0.25, 0.3) is 0 Å². The molecule has 1 atom stereocenters. The van der Waals surface area contributed by atoms with Crippen LogP contribution in [0.2, 0.25) is 0 Å². The van der Waals surface area contributed by atoms with E-state index < -0.39 is 37.2 Å². The topological polar surface area (TPSA) is 91.0 Å². The Morgan fingerprint density at radius 1 is 1.46 bits per heavy atom. The number of nitrogens with zero attached hydrogens (tertiary/aromatic N) is 7. The van der Waals surface area contributed by atoms with Gasteiger partial charge in [-0.05, 0) is 18.2 Å². The number of aromatic nitrogens is 6. The molecule has 3 heterocycles. The molecule has 9 nitrogen and oxygen atoms in total. The number of amides is 1. The Morgan fingerprint density at radius 2 is 2.38 bits per heavy atom. The minimum atomic E-state index is -3.17. The van der Waals surface area contributed by atoms with E-state index in [2.05, 4.69) is 20.6 Å². The standard InChI is InChI=1S/C14H12FN7O2/c15-12-7-10(1-2-13(12)22-6-4-17-19-22)21-9-11(24-14(21)23)8-20-5-3-16-18-20/h1-7,11H,8-9H2/i3T,8T2,9T2,11T. The first-order chi connectivity index (χ1) is 14.0. The average Bonchev–Trinajstić information content (AvgIpc) is 3.36. The van der Waals surface area contributed by atoms with Gasteiger partial charge in [-0.25, -0.2) is 18.5 Å². The molecule has 4 rings (SSSR count). The molecule has 0 N–H and O–H groups in total. The molecule has 2 aromatic heterocycles. The van der Waals surface area contributed by atoms with Crippen LogP contribution in [0.15, 0.2) is 43.0 Å². The van der Waals surface area contributed by atoms with Crippen molar-refractivity contribution in [2.24, 2.45) is 0 Å². The summed E-state index contributed by atoms with van der Waals surface area (Å²) in [5.41, 5.74) is -0.335. The second kappa shape index (κ2) is 5.72. The van der Waals surface area contributed by atoms with Crippen LogP contribution in [-0.4, -0.2) is 48.7 Å². The van der Waals surface area contributed by atoms with E-state index in [0.29, 0.717) is 9.58 Å². The monoisotopic (exact) mass is 341 g/mol. The molecule has 1 unspecified atom stereocenters. The van der Waals surface area contributed by atoms with Gasteiger partial charge in [0.1, 0.15) is 11.8 Å². The molecule has 3 aromatic rings. The molecular formula is C14H12FN7O2. The first kappa shape index (κ1) is 9.11. The van der Waals surface area contributed by atoms with Crippen molar-refractivity contribution in [3.63, 3.8) is 0 Å². The largest absolute Gasteiger partial charge is 0.442 e. The first-order valence-electron chi connectivity index (χ1n) is 9.58. The summed E-state index contributed by atoms with van der Waals surface area (Å²) in [6, 6.07) is 3.23. The van der Waals surface area contributed by atoms with E-state index >= 15 is 0 Å². The zero-order valence-corrected chi connectivity index (χ0v) is 11.8. The highest BCUT2D eigenvalue weighted by Crippen LogP contribution is 2.25. The lowest BCUT2D eigenvalue weighted by Crippen LogP contribution is -2.26. The lowest BCUT2D eigenvalue weighted by molar-refractivity contribution is 0.129. The lowest BCUT2D eigenvalue weighted by atomic mass is 10.2. The third-order valence-corrected chi connectivity index (χ3v) is 3.04. The van der Waals surface area contributed by atoms with E-state index in [9.17, 15) is 9.18 Å². The first-order valence-corrected chi connectivity index (χ1v) is 6.58. The van der Waals surface area contributed by atoms with Gasteiger partial charge in [-0.15, -0.1) is 10.2 Å². The minimum Gasteiger partial charge on any atom is -0.442 e. The summed E-state index contributed by atoms with van der Waals surface area (Å²) in [7, 11) is 0. The maximum Gasteiger partial charge on any atom is 0.414 e. The number of hydrogen-bond acceptors (Lipinski definition) is 6. The van der Waals surface area contributed by atoms with Gasteiger partial charge in [-0.2, -0.15) is 0 Å². The molecule has 1 aliphatic heterocycles. The second-order valence-electron chi connectivity index (χ2n) is 4.53. The van der Waals surface area contributed by atoms with Gasteiger partial charge in [0.05, 0.1) is 45.5 Å². The van der Waals surface area contributed by atoms with E-state index in [4.69, 9.17) is 13.0 Å². The minimum absolute atomic E-state index is 0.0255. The molecule has 24 heavy (non-hydrogen) atoms. The van der Waals surface area contributed by atoms with E-state index in [1.807, 2.05) is 0 Å². The number of carbonyl (C=O) groups is 1. The quantitative estimate of drug-likeness (QED) is 0.704. The SMILES string of the molecule is [3H]c1cn(C([3H])([3H])C2([3H])OC(=O)N(c3ccc(-n4ccnn4)c(F)c3)C2([3H])[3H])nn1. The number of hydrogen-bond donors (Lipinski definition) is 0. The van der Waals surface area contributed by atoms with Gasteiger partial charge < -0.3 is 4.74 Å². The van der Waals surface area contributed by atoms with Crippen molar-refractivity contribution in [1.29, 1.82) is 0 Å². The lowest BCUT2D eigenvalue weighted by Gasteiger charge is -2.14. The third-order valence-electron chi connectivity index (χ3n) is 3.04. The number of carbonyl (C=O) groups excluding carboxylic acids is 1. The zero-order valence-electron chi connectivity index (χ0n) is 17.8. The predicted molar refractivity (Wildman–Crippen MR) is 79.0 cm³/mol. The van der Waals surface area contributed by atoms with Gasteiger partial charge in [-0.1, -0.05) is 10.4 Å². The number of anilines is 1. The van der Waals surface area contributed by atoms with Crippen molar-refractivity contribution < 1.29 is 22.1 Å². The molecule has 1 fully saturated rings. The molecule has 1 aliphatic rings. The van der Waals surface area contributed by atoms with Crippen LogP contribution in [0, 0.1) is 5.82 Å². The number of halogens is 1. The van der Waals surface area contributed by atoms with Crippen LogP contribution >= 0.6 is 0 Å². The number of ether oxygens (including phenoxy) is 1. The van der Waals surface area contributed by atoms with Gasteiger partial charge >= 0.3 is 6.09 Å². The van der Waals surface area contributed by atoms with E-state index in [-0.39, 0.29) is 11.4 Å². The number of benzene rings is 1. The number of cyclic esters (lactones) is 1. The van der Waals surface area contributed by atoms with Crippen LogP contribution in [0.5, 0.6) is 0 Å². The molecule has 0 bridgehead atoms. The molecule has 122 valence electrons. The van der Waals surface area contributed by atoms with E-state index in [1.54, 1.807) is 0 Å². The van der Waals surface area contributed by atoms with Crippen molar-refractivity contribution in [2.45, 2.75) is 12.6 Å². The van der Waals surface area contributed by atoms with E-state index in [0.717, 1.165) is 16.9 Å². The van der Waals surface area contributed by atoms with Gasteiger partial charge in [0.2, 0.25) is 0 Å². The molecule has 1 saturated heterocycles. The highest BCUT2D eigenvalue weighted by molar-refractivity contribution is 5.89. The van der Waals surface area contributed by atoms with Crippen molar-refractivity contribution in [2.75, 3.05) is 11.4 Å². The Balaban J connectivity index is 1.76. The van der Waals surface area contributed by atoms with Crippen LogP contribution in [-0.2, 0) is 11.2 Å². The Labute approximate surface area is 143 Å². The summed E-state index contributed by atoms with van der Waals surface area (Å²) in [4.78, 5) is 12.8. The fraction of sp³-hybridized carbons (Fsp3) is 0.214. The Bertz CT molecular complexity index is 1120. The highest BCUT2D eigenvalue weighted by atomic mass is 19.1. The van der Waals surface area contributed by atoms with Crippen LogP contribution < -0.4 is 4.90 Å². The molecule has 1 amide bonds. The maximum atomic E-state index is 14.6. The Kier molecular flexibility index (Phi) is 2.17. The summed E-state index contributed by atoms with van der Waals surface area (Å²) in [6.45, 7) is -6.17.